The molecular formula is C17H23N3O3S. The molecule has 130 valence electrons. The summed E-state index contributed by atoms with van der Waals surface area (Å²) in [5, 5.41) is 0. The van der Waals surface area contributed by atoms with Gasteiger partial charge in [-0.25, -0.2) is 13.4 Å². The molecule has 0 bridgehead atoms. The average Bonchev–Trinajstić information content (AvgIpc) is 3.09. The first-order chi connectivity index (χ1) is 11.6. The SMILES string of the molecule is CC(c1ccccc1)c1nccn1CCS(=O)(=O)N1CCOCC1. The number of nitrogens with zero attached hydrogens (tertiary/aromatic N) is 3. The molecule has 7 heteroatoms. The number of hydrogen-bond donors (Lipinski definition) is 0. The molecule has 0 aliphatic carbocycles. The van der Waals surface area contributed by atoms with E-state index in [-0.39, 0.29) is 11.7 Å². The van der Waals surface area contributed by atoms with Crippen LogP contribution in [0.25, 0.3) is 0 Å². The molecule has 1 aromatic heterocycles. The van der Waals surface area contributed by atoms with Crippen molar-refractivity contribution in [1.29, 1.82) is 0 Å². The number of aryl methyl sites for hydroxylation is 1. The molecular weight excluding hydrogens is 326 g/mol. The fraction of sp³-hybridized carbons (Fsp3) is 0.471. The van der Waals surface area contributed by atoms with Gasteiger partial charge in [-0.05, 0) is 5.56 Å². The molecule has 0 radical (unpaired) electrons. The second-order valence-electron chi connectivity index (χ2n) is 5.94. The number of benzene rings is 1. The van der Waals surface area contributed by atoms with Gasteiger partial charge in [-0.15, -0.1) is 0 Å². The van der Waals surface area contributed by atoms with Gasteiger partial charge < -0.3 is 9.30 Å². The van der Waals surface area contributed by atoms with E-state index in [1.54, 1.807) is 6.20 Å². The Labute approximate surface area is 143 Å². The number of imidazole rings is 1. The van der Waals surface area contributed by atoms with Gasteiger partial charge in [-0.2, -0.15) is 4.31 Å². The largest absolute Gasteiger partial charge is 0.379 e. The molecule has 1 atom stereocenters. The Morgan fingerprint density at radius 2 is 1.92 bits per heavy atom. The highest BCUT2D eigenvalue weighted by Crippen LogP contribution is 2.22. The Balaban J connectivity index is 1.69. The van der Waals surface area contributed by atoms with Crippen molar-refractivity contribution in [3.05, 3.63) is 54.1 Å². The van der Waals surface area contributed by atoms with Crippen LogP contribution in [0, 0.1) is 0 Å². The first-order valence-electron chi connectivity index (χ1n) is 8.19. The predicted octanol–water partition coefficient (Wildman–Crippen LogP) is 1.70. The molecule has 0 saturated carbocycles. The van der Waals surface area contributed by atoms with Crippen LogP contribution in [0.15, 0.2) is 42.7 Å². The van der Waals surface area contributed by atoms with E-state index in [4.69, 9.17) is 4.74 Å². The number of aromatic nitrogens is 2. The lowest BCUT2D eigenvalue weighted by Crippen LogP contribution is -2.42. The first-order valence-corrected chi connectivity index (χ1v) is 9.80. The van der Waals surface area contributed by atoms with Crippen LogP contribution >= 0.6 is 0 Å². The lowest BCUT2D eigenvalue weighted by molar-refractivity contribution is 0.0730. The second kappa shape index (κ2) is 7.46. The highest BCUT2D eigenvalue weighted by molar-refractivity contribution is 7.89. The van der Waals surface area contributed by atoms with Gasteiger partial charge in [0.15, 0.2) is 0 Å². The molecule has 0 spiro atoms. The summed E-state index contributed by atoms with van der Waals surface area (Å²) in [7, 11) is -3.26. The van der Waals surface area contributed by atoms with E-state index in [1.165, 1.54) is 9.87 Å². The minimum Gasteiger partial charge on any atom is -0.379 e. The van der Waals surface area contributed by atoms with Crippen molar-refractivity contribution < 1.29 is 13.2 Å². The fourth-order valence-electron chi connectivity index (χ4n) is 2.95. The maximum absolute atomic E-state index is 12.5. The third kappa shape index (κ3) is 3.85. The quantitative estimate of drug-likeness (QED) is 0.796. The van der Waals surface area contributed by atoms with Gasteiger partial charge >= 0.3 is 0 Å². The van der Waals surface area contributed by atoms with Crippen LogP contribution in [0.1, 0.15) is 24.2 Å². The van der Waals surface area contributed by atoms with Crippen molar-refractivity contribution in [3.8, 4) is 0 Å². The molecule has 24 heavy (non-hydrogen) atoms. The van der Waals surface area contributed by atoms with Crippen LogP contribution in [-0.4, -0.2) is 54.3 Å². The Kier molecular flexibility index (Phi) is 5.33. The molecule has 1 aliphatic rings. The molecule has 0 amide bonds. The van der Waals surface area contributed by atoms with Crippen molar-refractivity contribution in [1.82, 2.24) is 13.9 Å². The van der Waals surface area contributed by atoms with Crippen molar-refractivity contribution in [3.63, 3.8) is 0 Å². The van der Waals surface area contributed by atoms with Gasteiger partial charge in [-0.3, -0.25) is 0 Å². The van der Waals surface area contributed by atoms with Crippen molar-refractivity contribution in [2.75, 3.05) is 32.1 Å². The Bertz CT molecular complexity index is 752. The van der Waals surface area contributed by atoms with Gasteiger partial charge in [0.05, 0.1) is 19.0 Å². The number of ether oxygens (including phenoxy) is 1. The molecule has 1 saturated heterocycles. The normalized spacial score (nSPS) is 17.7. The van der Waals surface area contributed by atoms with Crippen molar-refractivity contribution >= 4 is 10.0 Å². The van der Waals surface area contributed by atoms with Gasteiger partial charge in [0.1, 0.15) is 5.82 Å². The van der Waals surface area contributed by atoms with Crippen LogP contribution in [0.4, 0.5) is 0 Å². The zero-order valence-corrected chi connectivity index (χ0v) is 14.7. The summed E-state index contributed by atoms with van der Waals surface area (Å²) < 4.78 is 33.6. The lowest BCUT2D eigenvalue weighted by atomic mass is 10.0. The smallest absolute Gasteiger partial charge is 0.216 e. The summed E-state index contributed by atoms with van der Waals surface area (Å²) >= 11 is 0. The fourth-order valence-corrected chi connectivity index (χ4v) is 4.34. The minimum absolute atomic E-state index is 0.0812. The summed E-state index contributed by atoms with van der Waals surface area (Å²) in [5.74, 6) is 1.09. The molecule has 1 aromatic carbocycles. The van der Waals surface area contributed by atoms with E-state index in [2.05, 4.69) is 24.0 Å². The molecule has 1 aliphatic heterocycles. The second-order valence-corrected chi connectivity index (χ2v) is 8.03. The minimum atomic E-state index is -3.26. The Morgan fingerprint density at radius 1 is 1.21 bits per heavy atom. The van der Waals surface area contributed by atoms with Gasteiger partial charge in [0, 0.05) is 37.9 Å². The van der Waals surface area contributed by atoms with E-state index < -0.39 is 10.0 Å². The zero-order chi connectivity index (χ0) is 17.0. The maximum atomic E-state index is 12.5. The van der Waals surface area contributed by atoms with E-state index in [9.17, 15) is 8.42 Å². The third-order valence-electron chi connectivity index (χ3n) is 4.39. The van der Waals surface area contributed by atoms with Crippen LogP contribution in [-0.2, 0) is 21.3 Å². The van der Waals surface area contributed by atoms with Crippen LogP contribution in [0.3, 0.4) is 0 Å². The first kappa shape index (κ1) is 17.1. The predicted molar refractivity (Wildman–Crippen MR) is 92.4 cm³/mol. The highest BCUT2D eigenvalue weighted by atomic mass is 32.2. The summed E-state index contributed by atoms with van der Waals surface area (Å²) in [5.41, 5.74) is 1.17. The van der Waals surface area contributed by atoms with E-state index >= 15 is 0 Å². The molecule has 2 heterocycles. The third-order valence-corrected chi connectivity index (χ3v) is 6.24. The molecule has 2 aromatic rings. The van der Waals surface area contributed by atoms with Crippen LogP contribution < -0.4 is 0 Å². The maximum Gasteiger partial charge on any atom is 0.216 e. The summed E-state index contributed by atoms with van der Waals surface area (Å²) in [6.45, 7) is 4.33. The molecule has 3 rings (SSSR count). The van der Waals surface area contributed by atoms with Gasteiger partial charge in [-0.1, -0.05) is 37.3 Å². The number of sulfonamides is 1. The monoisotopic (exact) mass is 349 g/mol. The standard InChI is InChI=1S/C17H23N3O3S/c1-15(16-5-3-2-4-6-16)17-18-7-8-19(17)11-14-24(21,22)20-9-12-23-13-10-20/h2-8,15H,9-14H2,1H3. The number of morpholine rings is 1. The van der Waals surface area contributed by atoms with Gasteiger partial charge in [0.2, 0.25) is 10.0 Å². The number of rotatable bonds is 6. The topological polar surface area (TPSA) is 64.4 Å². The lowest BCUT2D eigenvalue weighted by Gasteiger charge is -2.26. The van der Waals surface area contributed by atoms with Crippen LogP contribution in [0.2, 0.25) is 0 Å². The average molecular weight is 349 g/mol. The summed E-state index contributed by atoms with van der Waals surface area (Å²) in [6.07, 6.45) is 3.58. The molecule has 1 unspecified atom stereocenters. The highest BCUT2D eigenvalue weighted by Gasteiger charge is 2.24. The zero-order valence-electron chi connectivity index (χ0n) is 13.8. The Hall–Kier alpha value is -1.70. The Morgan fingerprint density at radius 3 is 2.62 bits per heavy atom. The van der Waals surface area contributed by atoms with E-state index in [0.29, 0.717) is 32.8 Å². The van der Waals surface area contributed by atoms with Gasteiger partial charge in [0.25, 0.3) is 0 Å². The van der Waals surface area contributed by atoms with E-state index in [0.717, 1.165) is 5.82 Å². The van der Waals surface area contributed by atoms with Crippen molar-refractivity contribution in [2.24, 2.45) is 0 Å². The summed E-state index contributed by atoms with van der Waals surface area (Å²) in [4.78, 5) is 4.44. The molecule has 0 N–H and O–H groups in total. The molecule has 1 fully saturated rings. The number of hydrogen-bond acceptors (Lipinski definition) is 4. The molecule has 6 nitrogen and oxygen atoms in total. The van der Waals surface area contributed by atoms with Crippen LogP contribution in [0.5, 0.6) is 0 Å². The summed E-state index contributed by atoms with van der Waals surface area (Å²) in [6, 6.07) is 10.1. The van der Waals surface area contributed by atoms with E-state index in [1.807, 2.05) is 29.0 Å². The van der Waals surface area contributed by atoms with Crippen molar-refractivity contribution in [2.45, 2.75) is 19.4 Å².